The molecule has 2 atom stereocenters. The fourth-order valence-electron chi connectivity index (χ4n) is 2.08. The van der Waals surface area contributed by atoms with Gasteiger partial charge in [-0.1, -0.05) is 28.1 Å². The van der Waals surface area contributed by atoms with Crippen LogP contribution in [0.15, 0.2) is 53.0 Å². The molecule has 0 saturated carbocycles. The van der Waals surface area contributed by atoms with E-state index in [1.807, 2.05) is 55.5 Å². The molecular formula is C18H20BrNO3. The van der Waals surface area contributed by atoms with Gasteiger partial charge in [0, 0.05) is 4.47 Å². The van der Waals surface area contributed by atoms with Gasteiger partial charge in [0.25, 0.3) is 5.91 Å². The van der Waals surface area contributed by atoms with Crippen molar-refractivity contribution in [2.45, 2.75) is 26.0 Å². The highest BCUT2D eigenvalue weighted by Gasteiger charge is 2.17. The van der Waals surface area contributed by atoms with Crippen LogP contribution in [0.1, 0.15) is 25.5 Å². The number of halogens is 1. The van der Waals surface area contributed by atoms with Gasteiger partial charge in [-0.25, -0.2) is 0 Å². The fourth-order valence-corrected chi connectivity index (χ4v) is 2.34. The van der Waals surface area contributed by atoms with E-state index >= 15 is 0 Å². The van der Waals surface area contributed by atoms with Crippen LogP contribution < -0.4 is 14.8 Å². The normalized spacial score (nSPS) is 13.0. The standard InChI is InChI=1S/C18H20BrNO3/c1-12(14-4-8-16(22-3)9-5-14)20-18(21)13(2)23-17-10-6-15(19)7-11-17/h4-13H,1-3H3,(H,20,21). The lowest BCUT2D eigenvalue weighted by molar-refractivity contribution is -0.127. The zero-order valence-electron chi connectivity index (χ0n) is 13.4. The van der Waals surface area contributed by atoms with Gasteiger partial charge in [0.15, 0.2) is 6.10 Å². The Morgan fingerprint density at radius 2 is 1.57 bits per heavy atom. The number of ether oxygens (including phenoxy) is 2. The van der Waals surface area contributed by atoms with Gasteiger partial charge >= 0.3 is 0 Å². The Morgan fingerprint density at radius 1 is 1.00 bits per heavy atom. The maximum Gasteiger partial charge on any atom is 0.261 e. The van der Waals surface area contributed by atoms with E-state index in [2.05, 4.69) is 21.2 Å². The molecule has 0 aliphatic rings. The van der Waals surface area contributed by atoms with Crippen molar-refractivity contribution in [2.24, 2.45) is 0 Å². The summed E-state index contributed by atoms with van der Waals surface area (Å²) in [7, 11) is 1.63. The molecule has 0 fully saturated rings. The largest absolute Gasteiger partial charge is 0.497 e. The van der Waals surface area contributed by atoms with Gasteiger partial charge in [-0.15, -0.1) is 0 Å². The third kappa shape index (κ3) is 4.99. The Bertz CT molecular complexity index is 640. The van der Waals surface area contributed by atoms with Crippen molar-refractivity contribution >= 4 is 21.8 Å². The molecule has 2 unspecified atom stereocenters. The zero-order valence-corrected chi connectivity index (χ0v) is 15.0. The Labute approximate surface area is 144 Å². The highest BCUT2D eigenvalue weighted by molar-refractivity contribution is 9.10. The number of methoxy groups -OCH3 is 1. The molecule has 0 radical (unpaired) electrons. The summed E-state index contributed by atoms with van der Waals surface area (Å²) >= 11 is 3.37. The third-order valence-electron chi connectivity index (χ3n) is 3.47. The number of carbonyl (C=O) groups excluding carboxylic acids is 1. The molecule has 2 aromatic carbocycles. The molecule has 0 aliphatic carbocycles. The molecule has 1 amide bonds. The van der Waals surface area contributed by atoms with E-state index in [0.717, 1.165) is 15.8 Å². The predicted molar refractivity (Wildman–Crippen MR) is 93.8 cm³/mol. The first-order chi connectivity index (χ1) is 11.0. The first-order valence-corrected chi connectivity index (χ1v) is 8.15. The van der Waals surface area contributed by atoms with Crippen LogP contribution in [0, 0.1) is 0 Å². The lowest BCUT2D eigenvalue weighted by Gasteiger charge is -2.19. The number of rotatable bonds is 6. The van der Waals surface area contributed by atoms with E-state index < -0.39 is 6.10 Å². The van der Waals surface area contributed by atoms with E-state index in [1.54, 1.807) is 14.0 Å². The summed E-state index contributed by atoms with van der Waals surface area (Å²) in [6.07, 6.45) is -0.572. The van der Waals surface area contributed by atoms with Gasteiger partial charge in [0.1, 0.15) is 11.5 Å². The highest BCUT2D eigenvalue weighted by atomic mass is 79.9. The van der Waals surface area contributed by atoms with Gasteiger partial charge < -0.3 is 14.8 Å². The molecule has 0 saturated heterocycles. The lowest BCUT2D eigenvalue weighted by atomic mass is 10.1. The Balaban J connectivity index is 1.92. The van der Waals surface area contributed by atoms with E-state index in [1.165, 1.54) is 0 Å². The van der Waals surface area contributed by atoms with E-state index in [0.29, 0.717) is 5.75 Å². The molecule has 0 heterocycles. The molecule has 2 aromatic rings. The van der Waals surface area contributed by atoms with Crippen molar-refractivity contribution in [3.63, 3.8) is 0 Å². The summed E-state index contributed by atoms with van der Waals surface area (Å²) in [4.78, 5) is 12.3. The number of benzene rings is 2. The van der Waals surface area contributed by atoms with Gasteiger partial charge in [-0.3, -0.25) is 4.79 Å². The number of hydrogen-bond donors (Lipinski definition) is 1. The van der Waals surface area contributed by atoms with Gasteiger partial charge in [0.05, 0.1) is 13.2 Å². The topological polar surface area (TPSA) is 47.6 Å². The van der Waals surface area contributed by atoms with Crippen LogP contribution in [0.5, 0.6) is 11.5 Å². The molecule has 122 valence electrons. The van der Waals surface area contributed by atoms with E-state index in [-0.39, 0.29) is 11.9 Å². The summed E-state index contributed by atoms with van der Waals surface area (Å²) in [5.41, 5.74) is 1.01. The van der Waals surface area contributed by atoms with Crippen molar-refractivity contribution in [1.82, 2.24) is 5.32 Å². The second-order valence-corrected chi connectivity index (χ2v) is 6.13. The molecule has 0 aromatic heterocycles. The van der Waals surface area contributed by atoms with Crippen molar-refractivity contribution in [2.75, 3.05) is 7.11 Å². The third-order valence-corrected chi connectivity index (χ3v) is 4.00. The minimum atomic E-state index is -0.572. The van der Waals surface area contributed by atoms with Gasteiger partial charge in [0.2, 0.25) is 0 Å². The zero-order chi connectivity index (χ0) is 16.8. The van der Waals surface area contributed by atoms with Crippen LogP contribution in [-0.4, -0.2) is 19.1 Å². The van der Waals surface area contributed by atoms with Gasteiger partial charge in [-0.05, 0) is 55.8 Å². The van der Waals surface area contributed by atoms with Crippen molar-refractivity contribution in [3.8, 4) is 11.5 Å². The number of nitrogens with one attached hydrogen (secondary N) is 1. The van der Waals surface area contributed by atoms with Crippen LogP contribution in [0.3, 0.4) is 0 Å². The molecule has 0 bridgehead atoms. The number of amides is 1. The summed E-state index contributed by atoms with van der Waals surface area (Å²) < 4.78 is 11.8. The average molecular weight is 378 g/mol. The first kappa shape index (κ1) is 17.3. The van der Waals surface area contributed by atoms with E-state index in [4.69, 9.17) is 9.47 Å². The molecule has 0 aliphatic heterocycles. The van der Waals surface area contributed by atoms with Crippen molar-refractivity contribution < 1.29 is 14.3 Å². The highest BCUT2D eigenvalue weighted by Crippen LogP contribution is 2.19. The second kappa shape index (κ2) is 8.02. The summed E-state index contributed by atoms with van der Waals surface area (Å²) in [6.45, 7) is 3.67. The second-order valence-electron chi connectivity index (χ2n) is 5.22. The molecule has 1 N–H and O–H groups in total. The molecule has 23 heavy (non-hydrogen) atoms. The SMILES string of the molecule is COc1ccc(C(C)NC(=O)C(C)Oc2ccc(Br)cc2)cc1. The fraction of sp³-hybridized carbons (Fsp3) is 0.278. The van der Waals surface area contributed by atoms with Crippen molar-refractivity contribution in [1.29, 1.82) is 0 Å². The molecular weight excluding hydrogens is 358 g/mol. The summed E-state index contributed by atoms with van der Waals surface area (Å²) in [5, 5.41) is 2.95. The Kier molecular flexibility index (Phi) is 6.04. The van der Waals surface area contributed by atoms with Crippen LogP contribution in [0.25, 0.3) is 0 Å². The maximum absolute atomic E-state index is 12.3. The Morgan fingerprint density at radius 3 is 2.13 bits per heavy atom. The van der Waals surface area contributed by atoms with Crippen LogP contribution in [-0.2, 0) is 4.79 Å². The summed E-state index contributed by atoms with van der Waals surface area (Å²) in [6, 6.07) is 14.9. The molecule has 4 nitrogen and oxygen atoms in total. The minimum Gasteiger partial charge on any atom is -0.497 e. The number of carbonyl (C=O) groups is 1. The lowest BCUT2D eigenvalue weighted by Crippen LogP contribution is -2.37. The Hall–Kier alpha value is -2.01. The number of hydrogen-bond acceptors (Lipinski definition) is 3. The van der Waals surface area contributed by atoms with Crippen LogP contribution in [0.4, 0.5) is 0 Å². The quantitative estimate of drug-likeness (QED) is 0.823. The predicted octanol–water partition coefficient (Wildman–Crippen LogP) is 4.10. The smallest absolute Gasteiger partial charge is 0.261 e. The van der Waals surface area contributed by atoms with Gasteiger partial charge in [-0.2, -0.15) is 0 Å². The summed E-state index contributed by atoms with van der Waals surface area (Å²) in [5.74, 6) is 1.29. The van der Waals surface area contributed by atoms with E-state index in [9.17, 15) is 4.79 Å². The maximum atomic E-state index is 12.3. The molecule has 0 spiro atoms. The molecule has 2 rings (SSSR count). The monoisotopic (exact) mass is 377 g/mol. The van der Waals surface area contributed by atoms with Crippen LogP contribution >= 0.6 is 15.9 Å². The van der Waals surface area contributed by atoms with Crippen molar-refractivity contribution in [3.05, 3.63) is 58.6 Å². The average Bonchev–Trinajstić information content (AvgIpc) is 2.56. The molecule has 5 heteroatoms. The van der Waals surface area contributed by atoms with Crippen LogP contribution in [0.2, 0.25) is 0 Å². The minimum absolute atomic E-state index is 0.107. The first-order valence-electron chi connectivity index (χ1n) is 7.36.